The number of hydrogen-bond donors (Lipinski definition) is 3. The first-order valence-electron chi connectivity index (χ1n) is 13.4. The topological polar surface area (TPSA) is 108 Å². The highest BCUT2D eigenvalue weighted by molar-refractivity contribution is 6.08. The Balaban J connectivity index is 1.16. The van der Waals surface area contributed by atoms with Gasteiger partial charge in [-0.15, -0.1) is 0 Å². The smallest absolute Gasteiger partial charge is 0.256 e. The van der Waals surface area contributed by atoms with E-state index < -0.39 is 0 Å². The quantitative estimate of drug-likeness (QED) is 0.245. The molecule has 3 N–H and O–H groups in total. The molecule has 1 fully saturated rings. The van der Waals surface area contributed by atoms with Crippen LogP contribution in [0.15, 0.2) is 85.2 Å². The third kappa shape index (κ3) is 7.21. The number of amides is 2. The molecular weight excluding hydrogens is 504 g/mol. The van der Waals surface area contributed by atoms with Gasteiger partial charge in [-0.05, 0) is 74.8 Å². The number of carbonyl (C=O) groups is 2. The molecule has 204 valence electrons. The maximum absolute atomic E-state index is 13.0. The Morgan fingerprint density at radius 2 is 1.57 bits per heavy atom. The third-order valence-corrected chi connectivity index (χ3v) is 6.65. The summed E-state index contributed by atoms with van der Waals surface area (Å²) in [5.74, 6) is 0.613. The van der Waals surface area contributed by atoms with Crippen LogP contribution in [-0.4, -0.2) is 52.9 Å². The van der Waals surface area contributed by atoms with Crippen LogP contribution in [-0.2, 0) is 0 Å². The highest BCUT2D eigenvalue weighted by Gasteiger charge is 2.14. The number of benzene rings is 3. The molecule has 0 spiro atoms. The average Bonchev–Trinajstić information content (AvgIpc) is 3.49. The first kappa shape index (κ1) is 26.8. The van der Waals surface area contributed by atoms with Crippen molar-refractivity contribution in [1.82, 2.24) is 14.9 Å². The summed E-state index contributed by atoms with van der Waals surface area (Å²) in [6.45, 7) is 5.72. The summed E-state index contributed by atoms with van der Waals surface area (Å²) in [7, 11) is 0. The molecule has 1 aliphatic heterocycles. The summed E-state index contributed by atoms with van der Waals surface area (Å²) >= 11 is 0. The largest absolute Gasteiger partial charge is 0.492 e. The highest BCUT2D eigenvalue weighted by Crippen LogP contribution is 2.21. The maximum atomic E-state index is 13.0. The lowest BCUT2D eigenvalue weighted by Crippen LogP contribution is -2.25. The van der Waals surface area contributed by atoms with Crippen LogP contribution in [0.3, 0.4) is 0 Å². The first-order valence-corrected chi connectivity index (χ1v) is 13.4. The Kier molecular flexibility index (Phi) is 8.63. The van der Waals surface area contributed by atoms with Crippen LogP contribution < -0.4 is 20.7 Å². The molecule has 0 atom stereocenters. The number of rotatable bonds is 10. The summed E-state index contributed by atoms with van der Waals surface area (Å²) < 4.78 is 5.92. The molecule has 1 aromatic heterocycles. The molecule has 0 unspecified atom stereocenters. The fourth-order valence-electron chi connectivity index (χ4n) is 4.48. The van der Waals surface area contributed by atoms with Crippen molar-refractivity contribution in [3.05, 3.63) is 102 Å². The lowest BCUT2D eigenvalue weighted by atomic mass is 10.1. The zero-order chi connectivity index (χ0) is 27.7. The molecular formula is C31H32N6O3. The fourth-order valence-corrected chi connectivity index (χ4v) is 4.48. The van der Waals surface area contributed by atoms with Crippen molar-refractivity contribution in [2.24, 2.45) is 0 Å². The van der Waals surface area contributed by atoms with Crippen molar-refractivity contribution in [2.75, 3.05) is 42.2 Å². The van der Waals surface area contributed by atoms with Crippen LogP contribution in [0.25, 0.3) is 0 Å². The highest BCUT2D eigenvalue weighted by atomic mass is 16.5. The number of nitrogens with one attached hydrogen (secondary N) is 3. The van der Waals surface area contributed by atoms with E-state index in [-0.39, 0.29) is 11.8 Å². The predicted molar refractivity (Wildman–Crippen MR) is 156 cm³/mol. The van der Waals surface area contributed by atoms with E-state index in [1.54, 1.807) is 54.9 Å². The van der Waals surface area contributed by atoms with Gasteiger partial charge in [0.15, 0.2) is 0 Å². The summed E-state index contributed by atoms with van der Waals surface area (Å²) in [4.78, 5) is 36.6. The van der Waals surface area contributed by atoms with Gasteiger partial charge in [-0.2, -0.15) is 0 Å². The molecule has 1 aliphatic rings. The van der Waals surface area contributed by atoms with Gasteiger partial charge in [0, 0.05) is 35.1 Å². The van der Waals surface area contributed by atoms with Gasteiger partial charge in [0.25, 0.3) is 11.8 Å². The van der Waals surface area contributed by atoms with Gasteiger partial charge in [0.2, 0.25) is 5.95 Å². The minimum atomic E-state index is -0.323. The van der Waals surface area contributed by atoms with E-state index in [9.17, 15) is 9.59 Å². The Morgan fingerprint density at radius 3 is 2.35 bits per heavy atom. The number of ether oxygens (including phenoxy) is 1. The standard InChI is InChI=1S/C31H32N6O3/c1-22-12-13-25(34-29(38)23-8-3-2-4-9-23)19-28(22)30(39)35-26-20-32-31(33-21-26)36-24-10-7-11-27(18-24)40-17-16-37-14-5-6-15-37/h2-4,7-13,18-21H,5-6,14-17H2,1H3,(H,34,38)(H,35,39)(H,32,33,36). The second kappa shape index (κ2) is 12.9. The molecule has 0 radical (unpaired) electrons. The zero-order valence-corrected chi connectivity index (χ0v) is 22.4. The van der Waals surface area contributed by atoms with Crippen molar-refractivity contribution in [1.29, 1.82) is 0 Å². The number of likely N-dealkylation sites (tertiary alicyclic amines) is 1. The lowest BCUT2D eigenvalue weighted by Gasteiger charge is -2.15. The number of hydrogen-bond acceptors (Lipinski definition) is 7. The SMILES string of the molecule is Cc1ccc(NC(=O)c2ccccc2)cc1C(=O)Nc1cnc(Nc2cccc(OCCN3CCCC3)c2)nc1. The summed E-state index contributed by atoms with van der Waals surface area (Å²) in [6.07, 6.45) is 5.62. The Morgan fingerprint density at radius 1 is 0.825 bits per heavy atom. The molecule has 0 aliphatic carbocycles. The van der Waals surface area contributed by atoms with Gasteiger partial charge >= 0.3 is 0 Å². The van der Waals surface area contributed by atoms with E-state index in [0.29, 0.717) is 35.1 Å². The van der Waals surface area contributed by atoms with E-state index in [2.05, 4.69) is 30.8 Å². The molecule has 5 rings (SSSR count). The molecule has 2 amide bonds. The average molecular weight is 537 g/mol. The maximum Gasteiger partial charge on any atom is 0.256 e. The van der Waals surface area contributed by atoms with Crippen LogP contribution in [0, 0.1) is 6.92 Å². The van der Waals surface area contributed by atoms with Crippen molar-refractivity contribution < 1.29 is 14.3 Å². The van der Waals surface area contributed by atoms with E-state index in [0.717, 1.165) is 36.6 Å². The number of carbonyl (C=O) groups excluding carboxylic acids is 2. The van der Waals surface area contributed by atoms with Gasteiger partial charge in [0.1, 0.15) is 12.4 Å². The van der Waals surface area contributed by atoms with E-state index in [1.807, 2.05) is 37.3 Å². The van der Waals surface area contributed by atoms with Crippen molar-refractivity contribution in [3.63, 3.8) is 0 Å². The molecule has 9 heteroatoms. The van der Waals surface area contributed by atoms with Crippen LogP contribution in [0.1, 0.15) is 39.1 Å². The molecule has 3 aromatic carbocycles. The lowest BCUT2D eigenvalue weighted by molar-refractivity contribution is 0.101. The second-order valence-electron chi connectivity index (χ2n) is 9.65. The van der Waals surface area contributed by atoms with Crippen LogP contribution in [0.5, 0.6) is 5.75 Å². The van der Waals surface area contributed by atoms with Gasteiger partial charge in [-0.3, -0.25) is 14.5 Å². The number of anilines is 4. The monoisotopic (exact) mass is 536 g/mol. The predicted octanol–water partition coefficient (Wildman–Crippen LogP) is 5.51. The van der Waals surface area contributed by atoms with Gasteiger partial charge in [0.05, 0.1) is 18.1 Å². The molecule has 0 bridgehead atoms. The van der Waals surface area contributed by atoms with E-state index >= 15 is 0 Å². The summed E-state index contributed by atoms with van der Waals surface area (Å²) in [6, 6.07) is 21.8. The second-order valence-corrected chi connectivity index (χ2v) is 9.65. The third-order valence-electron chi connectivity index (χ3n) is 6.65. The molecule has 4 aromatic rings. The molecule has 9 nitrogen and oxygen atoms in total. The van der Waals surface area contributed by atoms with E-state index in [4.69, 9.17) is 4.74 Å². The number of aromatic nitrogens is 2. The molecule has 2 heterocycles. The summed E-state index contributed by atoms with van der Waals surface area (Å²) in [5, 5.41) is 8.84. The van der Waals surface area contributed by atoms with Crippen LogP contribution in [0.2, 0.25) is 0 Å². The van der Waals surface area contributed by atoms with E-state index in [1.165, 1.54) is 12.8 Å². The number of nitrogens with zero attached hydrogens (tertiary/aromatic N) is 3. The Hall–Kier alpha value is -4.76. The Labute approximate surface area is 233 Å². The van der Waals surface area contributed by atoms with Crippen molar-refractivity contribution in [3.8, 4) is 5.75 Å². The Bertz CT molecular complexity index is 1450. The minimum absolute atomic E-state index is 0.244. The van der Waals surface area contributed by atoms with Crippen LogP contribution >= 0.6 is 0 Å². The minimum Gasteiger partial charge on any atom is -0.492 e. The number of aryl methyl sites for hydroxylation is 1. The molecule has 0 saturated carbocycles. The van der Waals surface area contributed by atoms with Gasteiger partial charge < -0.3 is 20.7 Å². The van der Waals surface area contributed by atoms with Gasteiger partial charge in [-0.25, -0.2) is 9.97 Å². The van der Waals surface area contributed by atoms with Crippen molar-refractivity contribution >= 4 is 34.8 Å². The normalized spacial score (nSPS) is 13.0. The molecule has 40 heavy (non-hydrogen) atoms. The van der Waals surface area contributed by atoms with Crippen molar-refractivity contribution in [2.45, 2.75) is 19.8 Å². The fraction of sp³-hybridized carbons (Fsp3) is 0.226. The van der Waals surface area contributed by atoms with Crippen LogP contribution in [0.4, 0.5) is 23.0 Å². The van der Waals surface area contributed by atoms with Gasteiger partial charge in [-0.1, -0.05) is 30.3 Å². The first-order chi connectivity index (χ1) is 19.5. The summed E-state index contributed by atoms with van der Waals surface area (Å²) in [5.41, 5.74) is 3.54. The molecule has 1 saturated heterocycles. The zero-order valence-electron chi connectivity index (χ0n) is 22.4.